The van der Waals surface area contributed by atoms with Crippen molar-refractivity contribution in [1.29, 1.82) is 0 Å². The Hall–Kier alpha value is -3.62. The number of nitrogens with one attached hydrogen (secondary N) is 1. The molecule has 0 saturated heterocycles. The van der Waals surface area contributed by atoms with Gasteiger partial charge in [-0.2, -0.15) is 0 Å². The Bertz CT molecular complexity index is 1390. The van der Waals surface area contributed by atoms with E-state index in [1.807, 2.05) is 37.3 Å². The van der Waals surface area contributed by atoms with Crippen molar-refractivity contribution in [3.63, 3.8) is 0 Å². The van der Waals surface area contributed by atoms with Gasteiger partial charge in [-0.15, -0.1) is 0 Å². The Balaban J connectivity index is 1.52. The van der Waals surface area contributed by atoms with Gasteiger partial charge in [0.25, 0.3) is 10.0 Å². The van der Waals surface area contributed by atoms with Crippen molar-refractivity contribution >= 4 is 43.2 Å². The van der Waals surface area contributed by atoms with Crippen LogP contribution in [0.2, 0.25) is 0 Å². The Morgan fingerprint density at radius 1 is 0.829 bits per heavy atom. The summed E-state index contributed by atoms with van der Waals surface area (Å²) >= 11 is 3.36. The molecule has 4 aromatic carbocycles. The van der Waals surface area contributed by atoms with Crippen molar-refractivity contribution < 1.29 is 17.9 Å². The van der Waals surface area contributed by atoms with E-state index in [9.17, 15) is 13.2 Å². The molecule has 4 rings (SSSR count). The number of ether oxygens (including phenoxy) is 1. The van der Waals surface area contributed by atoms with Gasteiger partial charge in [0.05, 0.1) is 10.6 Å². The van der Waals surface area contributed by atoms with E-state index in [1.165, 1.54) is 0 Å². The predicted octanol–water partition coefficient (Wildman–Crippen LogP) is 6.38. The van der Waals surface area contributed by atoms with Gasteiger partial charge in [-0.05, 0) is 79.7 Å². The molecule has 0 aliphatic carbocycles. The van der Waals surface area contributed by atoms with Gasteiger partial charge in [-0.25, -0.2) is 8.42 Å². The van der Waals surface area contributed by atoms with Crippen LogP contribution in [0.1, 0.15) is 5.56 Å². The van der Waals surface area contributed by atoms with Crippen LogP contribution in [0.3, 0.4) is 0 Å². The summed E-state index contributed by atoms with van der Waals surface area (Å²) in [4.78, 5) is 13.0. The molecule has 1 N–H and O–H groups in total. The van der Waals surface area contributed by atoms with E-state index in [4.69, 9.17) is 4.74 Å². The molecule has 0 bridgehead atoms. The van der Waals surface area contributed by atoms with Gasteiger partial charge in [0, 0.05) is 10.2 Å². The summed E-state index contributed by atoms with van der Waals surface area (Å²) in [5.74, 6) is 0.851. The molecular formula is C27H23BrN2O4S. The molecule has 0 heterocycles. The summed E-state index contributed by atoms with van der Waals surface area (Å²) in [7, 11) is -3.98. The van der Waals surface area contributed by atoms with Gasteiger partial charge >= 0.3 is 0 Å². The first-order valence-corrected chi connectivity index (χ1v) is 13.0. The zero-order chi connectivity index (χ0) is 24.8. The summed E-state index contributed by atoms with van der Waals surface area (Å²) in [6, 6.07) is 29.5. The van der Waals surface area contributed by atoms with Gasteiger partial charge in [-0.1, -0.05) is 51.8 Å². The Labute approximate surface area is 213 Å². The maximum absolute atomic E-state index is 13.5. The second-order valence-corrected chi connectivity index (χ2v) is 10.6. The van der Waals surface area contributed by atoms with Crippen molar-refractivity contribution in [3.05, 3.63) is 113 Å². The zero-order valence-electron chi connectivity index (χ0n) is 18.9. The molecule has 178 valence electrons. The third kappa shape index (κ3) is 6.29. The van der Waals surface area contributed by atoms with Gasteiger partial charge in [0.15, 0.2) is 0 Å². The molecule has 0 aliphatic heterocycles. The van der Waals surface area contributed by atoms with Gasteiger partial charge in [0.2, 0.25) is 5.91 Å². The average Bonchev–Trinajstić information content (AvgIpc) is 2.85. The lowest BCUT2D eigenvalue weighted by Crippen LogP contribution is -2.38. The molecule has 0 unspecified atom stereocenters. The van der Waals surface area contributed by atoms with Crippen LogP contribution >= 0.6 is 15.9 Å². The fourth-order valence-electron chi connectivity index (χ4n) is 3.32. The fourth-order valence-corrected chi connectivity index (χ4v) is 5.01. The molecule has 0 radical (unpaired) electrons. The largest absolute Gasteiger partial charge is 0.457 e. The minimum absolute atomic E-state index is 0.112. The lowest BCUT2D eigenvalue weighted by atomic mass is 10.2. The number of sulfonamides is 1. The van der Waals surface area contributed by atoms with Crippen LogP contribution in [-0.4, -0.2) is 20.9 Å². The van der Waals surface area contributed by atoms with Crippen molar-refractivity contribution in [3.8, 4) is 11.5 Å². The molecule has 0 aromatic heterocycles. The molecule has 4 aromatic rings. The summed E-state index contributed by atoms with van der Waals surface area (Å²) in [6.45, 7) is 1.49. The van der Waals surface area contributed by atoms with Crippen LogP contribution in [0.4, 0.5) is 11.4 Å². The molecule has 6 nitrogen and oxygen atoms in total. The van der Waals surface area contributed by atoms with Crippen LogP contribution in [0.25, 0.3) is 0 Å². The highest BCUT2D eigenvalue weighted by atomic mass is 79.9. The number of benzene rings is 4. The first kappa shape index (κ1) is 24.5. The molecule has 35 heavy (non-hydrogen) atoms. The molecule has 0 atom stereocenters. The highest BCUT2D eigenvalue weighted by Crippen LogP contribution is 2.26. The highest BCUT2D eigenvalue weighted by molar-refractivity contribution is 9.10. The Morgan fingerprint density at radius 3 is 2.06 bits per heavy atom. The predicted molar refractivity (Wildman–Crippen MR) is 141 cm³/mol. The fraction of sp³-hybridized carbons (Fsp3) is 0.0741. The second-order valence-electron chi connectivity index (χ2n) is 7.79. The van der Waals surface area contributed by atoms with E-state index in [1.54, 1.807) is 72.8 Å². The molecule has 0 fully saturated rings. The number of anilines is 2. The average molecular weight is 551 g/mol. The number of hydrogen-bond acceptors (Lipinski definition) is 4. The van der Waals surface area contributed by atoms with Crippen LogP contribution in [0.15, 0.2) is 112 Å². The van der Waals surface area contributed by atoms with Crippen molar-refractivity contribution in [2.75, 3.05) is 16.2 Å². The number of rotatable bonds is 8. The highest BCUT2D eigenvalue weighted by Gasteiger charge is 2.27. The van der Waals surface area contributed by atoms with Gasteiger partial charge in [0.1, 0.15) is 18.0 Å². The molecule has 8 heteroatoms. The molecular weight excluding hydrogens is 528 g/mol. The van der Waals surface area contributed by atoms with Crippen LogP contribution in [-0.2, 0) is 14.8 Å². The SMILES string of the molecule is Cc1ccc(S(=O)(=O)N(CC(=O)Nc2ccc(Oc3ccccc3)cc2)c2ccc(Br)cc2)cc1. The van der Waals surface area contributed by atoms with Crippen molar-refractivity contribution in [2.45, 2.75) is 11.8 Å². The minimum atomic E-state index is -3.98. The normalized spacial score (nSPS) is 11.0. The number of carbonyl (C=O) groups excluding carboxylic acids is 1. The first-order valence-electron chi connectivity index (χ1n) is 10.8. The van der Waals surface area contributed by atoms with E-state index in [0.29, 0.717) is 22.9 Å². The lowest BCUT2D eigenvalue weighted by Gasteiger charge is -2.24. The minimum Gasteiger partial charge on any atom is -0.457 e. The summed E-state index contributed by atoms with van der Waals surface area (Å²) < 4.78 is 34.6. The number of amides is 1. The van der Waals surface area contributed by atoms with Crippen LogP contribution in [0, 0.1) is 6.92 Å². The summed E-state index contributed by atoms with van der Waals surface area (Å²) in [5, 5.41) is 2.77. The zero-order valence-corrected chi connectivity index (χ0v) is 21.3. The lowest BCUT2D eigenvalue weighted by molar-refractivity contribution is -0.114. The number of hydrogen-bond donors (Lipinski definition) is 1. The van der Waals surface area contributed by atoms with E-state index in [-0.39, 0.29) is 11.4 Å². The van der Waals surface area contributed by atoms with Crippen molar-refractivity contribution in [1.82, 2.24) is 0 Å². The summed E-state index contributed by atoms with van der Waals surface area (Å²) in [6.07, 6.45) is 0. The Morgan fingerprint density at radius 2 is 1.43 bits per heavy atom. The van der Waals surface area contributed by atoms with Gasteiger partial charge in [-0.3, -0.25) is 9.10 Å². The monoisotopic (exact) mass is 550 g/mol. The number of nitrogens with zero attached hydrogens (tertiary/aromatic N) is 1. The Kier molecular flexibility index (Phi) is 7.53. The van der Waals surface area contributed by atoms with Crippen LogP contribution in [0.5, 0.6) is 11.5 Å². The smallest absolute Gasteiger partial charge is 0.264 e. The van der Waals surface area contributed by atoms with E-state index >= 15 is 0 Å². The van der Waals surface area contributed by atoms with Crippen LogP contribution < -0.4 is 14.4 Å². The number of halogens is 1. The summed E-state index contributed by atoms with van der Waals surface area (Å²) in [5.41, 5.74) is 1.85. The molecule has 0 spiro atoms. The molecule has 0 saturated carbocycles. The molecule has 0 aliphatic rings. The first-order chi connectivity index (χ1) is 16.8. The third-order valence-electron chi connectivity index (χ3n) is 5.13. The van der Waals surface area contributed by atoms with E-state index < -0.39 is 15.9 Å². The van der Waals surface area contributed by atoms with E-state index in [0.717, 1.165) is 14.3 Å². The standard InChI is InChI=1S/C27H23BrN2O4S/c1-20-7-17-26(18-8-20)35(32,33)30(23-13-9-21(28)10-14-23)19-27(31)29-22-11-15-25(16-12-22)34-24-5-3-2-4-6-24/h2-18H,19H2,1H3,(H,29,31). The van der Waals surface area contributed by atoms with Crippen molar-refractivity contribution in [2.24, 2.45) is 0 Å². The topological polar surface area (TPSA) is 75.7 Å². The number of para-hydroxylation sites is 1. The van der Waals surface area contributed by atoms with E-state index in [2.05, 4.69) is 21.2 Å². The maximum atomic E-state index is 13.5. The maximum Gasteiger partial charge on any atom is 0.264 e. The van der Waals surface area contributed by atoms with Gasteiger partial charge < -0.3 is 10.1 Å². The second kappa shape index (κ2) is 10.8. The molecule has 1 amide bonds. The quantitative estimate of drug-likeness (QED) is 0.276. The number of aryl methyl sites for hydroxylation is 1. The third-order valence-corrected chi connectivity index (χ3v) is 7.44. The number of carbonyl (C=O) groups is 1.